The Balaban J connectivity index is 1.95. The second kappa shape index (κ2) is 4.82. The smallest absolute Gasteiger partial charge is 0.253 e. The molecule has 0 N–H and O–H groups in total. The first-order valence-electron chi connectivity index (χ1n) is 6.80. The summed E-state index contributed by atoms with van der Waals surface area (Å²) in [6, 6.07) is 2.88. The van der Waals surface area contributed by atoms with Crippen molar-refractivity contribution in [2.24, 2.45) is 0 Å². The molecule has 0 saturated carbocycles. The Morgan fingerprint density at radius 1 is 1.35 bits per heavy atom. The van der Waals surface area contributed by atoms with Gasteiger partial charge in [-0.2, -0.15) is 4.31 Å². The summed E-state index contributed by atoms with van der Waals surface area (Å²) in [5, 5.41) is 0. The molecule has 0 unspecified atom stereocenters. The van der Waals surface area contributed by atoms with Gasteiger partial charge in [0, 0.05) is 24.0 Å². The van der Waals surface area contributed by atoms with E-state index in [-0.39, 0.29) is 11.9 Å². The molecule has 7 heteroatoms. The Kier molecular flexibility index (Phi) is 3.38. The van der Waals surface area contributed by atoms with Crippen LogP contribution in [0.2, 0.25) is 0 Å². The molecule has 1 amide bonds. The Hall–Kier alpha value is -0.920. The summed E-state index contributed by atoms with van der Waals surface area (Å²) in [5.74, 6) is -0.0596. The van der Waals surface area contributed by atoms with Crippen molar-refractivity contribution in [2.75, 3.05) is 13.1 Å². The van der Waals surface area contributed by atoms with Gasteiger partial charge in [-0.3, -0.25) is 4.79 Å². The first-order valence-corrected chi connectivity index (χ1v) is 9.05. The molecule has 2 aliphatic heterocycles. The Labute approximate surface area is 123 Å². The molecule has 2 saturated heterocycles. The van der Waals surface area contributed by atoms with Crippen LogP contribution in [-0.4, -0.2) is 48.7 Å². The van der Waals surface area contributed by atoms with E-state index in [9.17, 15) is 13.2 Å². The summed E-state index contributed by atoms with van der Waals surface area (Å²) in [7, 11) is -3.56. The van der Waals surface area contributed by atoms with Gasteiger partial charge in [0.2, 0.25) is 5.91 Å². The molecule has 20 heavy (non-hydrogen) atoms. The van der Waals surface area contributed by atoms with Crippen LogP contribution in [0.3, 0.4) is 0 Å². The molecule has 1 aromatic rings. The molecule has 110 valence electrons. The fraction of sp³-hybridized carbons (Fsp3) is 0.615. The number of amides is 1. The van der Waals surface area contributed by atoms with Crippen LogP contribution in [0.25, 0.3) is 0 Å². The number of fused-ring (bicyclic) bond motifs is 1. The van der Waals surface area contributed by atoms with E-state index in [1.54, 1.807) is 19.1 Å². The lowest BCUT2D eigenvalue weighted by Crippen LogP contribution is -2.59. The topological polar surface area (TPSA) is 57.7 Å². The van der Waals surface area contributed by atoms with Crippen LogP contribution in [0.5, 0.6) is 0 Å². The van der Waals surface area contributed by atoms with Crippen LogP contribution in [0, 0.1) is 6.92 Å². The van der Waals surface area contributed by atoms with E-state index >= 15 is 0 Å². The van der Waals surface area contributed by atoms with E-state index in [1.165, 1.54) is 15.6 Å². The van der Waals surface area contributed by atoms with Gasteiger partial charge in [-0.1, -0.05) is 0 Å². The Morgan fingerprint density at radius 2 is 2.10 bits per heavy atom. The van der Waals surface area contributed by atoms with Gasteiger partial charge >= 0.3 is 0 Å². The second-order valence-corrected chi connectivity index (χ2v) is 8.85. The van der Waals surface area contributed by atoms with Crippen LogP contribution in [0.1, 0.15) is 24.6 Å². The highest BCUT2D eigenvalue weighted by Gasteiger charge is 2.45. The molecule has 5 nitrogen and oxygen atoms in total. The van der Waals surface area contributed by atoms with Crippen molar-refractivity contribution in [3.63, 3.8) is 0 Å². The zero-order valence-electron chi connectivity index (χ0n) is 11.6. The Morgan fingerprint density at radius 3 is 2.75 bits per heavy atom. The van der Waals surface area contributed by atoms with Crippen LogP contribution >= 0.6 is 11.3 Å². The van der Waals surface area contributed by atoms with Crippen molar-refractivity contribution in [1.82, 2.24) is 9.21 Å². The van der Waals surface area contributed by atoms with Gasteiger partial charge in [0.1, 0.15) is 10.3 Å². The van der Waals surface area contributed by atoms with Gasteiger partial charge in [0.25, 0.3) is 10.0 Å². The number of hydrogen-bond donors (Lipinski definition) is 0. The van der Waals surface area contributed by atoms with Crippen molar-refractivity contribution >= 4 is 27.3 Å². The minimum Gasteiger partial charge on any atom is -0.337 e. The maximum Gasteiger partial charge on any atom is 0.253 e. The number of nitrogens with zero attached hydrogens (tertiary/aromatic N) is 2. The normalized spacial score (nSPS) is 27.9. The number of piperazine rings is 1. The highest BCUT2D eigenvalue weighted by molar-refractivity contribution is 7.91. The monoisotopic (exact) mass is 314 g/mol. The molecule has 2 atom stereocenters. The van der Waals surface area contributed by atoms with Crippen molar-refractivity contribution < 1.29 is 13.2 Å². The summed E-state index contributed by atoms with van der Waals surface area (Å²) >= 11 is 1.26. The largest absolute Gasteiger partial charge is 0.337 e. The van der Waals surface area contributed by atoms with Crippen molar-refractivity contribution in [1.29, 1.82) is 0 Å². The van der Waals surface area contributed by atoms with Gasteiger partial charge in [0.15, 0.2) is 0 Å². The quantitative estimate of drug-likeness (QED) is 0.830. The zero-order valence-corrected chi connectivity index (χ0v) is 13.2. The van der Waals surface area contributed by atoms with E-state index in [0.29, 0.717) is 10.8 Å². The maximum atomic E-state index is 12.7. The molecular formula is C13H18N2O3S2. The maximum absolute atomic E-state index is 12.7. The molecule has 0 aromatic carbocycles. The molecular weight excluding hydrogens is 296 g/mol. The Bertz CT molecular complexity index is 638. The number of aryl methyl sites for hydroxylation is 1. The standard InChI is InChI=1S/C13H18N2O3S2/c1-9-5-6-12(19-9)20(17,18)15-8-11-4-3-7-14(11)13(16)10(15)2/h5-6,10-11H,3-4,7-8H2,1-2H3/t10-,11-/m0/s1. The fourth-order valence-corrected chi connectivity index (χ4v) is 6.06. The van der Waals surface area contributed by atoms with Crippen molar-refractivity contribution in [2.45, 2.75) is 43.0 Å². The van der Waals surface area contributed by atoms with Crippen molar-refractivity contribution in [3.05, 3.63) is 17.0 Å². The van der Waals surface area contributed by atoms with E-state index in [4.69, 9.17) is 0 Å². The van der Waals surface area contributed by atoms with Gasteiger partial charge in [0.05, 0.1) is 0 Å². The molecule has 0 aliphatic carbocycles. The zero-order chi connectivity index (χ0) is 14.5. The van der Waals surface area contributed by atoms with Crippen molar-refractivity contribution in [3.8, 4) is 0 Å². The molecule has 1 aromatic heterocycles. The number of hydrogen-bond acceptors (Lipinski definition) is 4. The first kappa shape index (κ1) is 14.0. The van der Waals surface area contributed by atoms with Crippen LogP contribution < -0.4 is 0 Å². The van der Waals surface area contributed by atoms with E-state index < -0.39 is 16.1 Å². The minimum absolute atomic E-state index is 0.0505. The number of carbonyl (C=O) groups excluding carboxylic acids is 1. The number of rotatable bonds is 2. The average Bonchev–Trinajstić information content (AvgIpc) is 3.02. The highest BCUT2D eigenvalue weighted by Crippen LogP contribution is 2.32. The highest BCUT2D eigenvalue weighted by atomic mass is 32.2. The lowest BCUT2D eigenvalue weighted by Gasteiger charge is -2.40. The minimum atomic E-state index is -3.56. The molecule has 2 aliphatic rings. The van der Waals surface area contributed by atoms with E-state index in [1.807, 2.05) is 11.8 Å². The predicted octanol–water partition coefficient (Wildman–Crippen LogP) is 1.44. The molecule has 3 rings (SSSR count). The number of sulfonamides is 1. The lowest BCUT2D eigenvalue weighted by molar-refractivity contribution is -0.139. The SMILES string of the molecule is Cc1ccc(S(=O)(=O)N2C[C@@H]3CCCN3C(=O)[C@@H]2C)s1. The molecule has 0 bridgehead atoms. The van der Waals surface area contributed by atoms with E-state index in [2.05, 4.69) is 0 Å². The third-order valence-corrected chi connectivity index (χ3v) is 7.52. The van der Waals surface area contributed by atoms with Crippen LogP contribution in [-0.2, 0) is 14.8 Å². The fourth-order valence-electron chi connectivity index (χ4n) is 3.02. The molecule has 0 spiro atoms. The molecule has 3 heterocycles. The number of carbonyl (C=O) groups is 1. The van der Waals surface area contributed by atoms with Gasteiger partial charge in [-0.15, -0.1) is 11.3 Å². The number of thiophene rings is 1. The third-order valence-electron chi connectivity index (χ3n) is 4.12. The van der Waals surface area contributed by atoms with Crippen LogP contribution in [0.4, 0.5) is 0 Å². The third kappa shape index (κ3) is 2.08. The first-order chi connectivity index (χ1) is 9.41. The second-order valence-electron chi connectivity index (χ2n) is 5.44. The molecule has 0 radical (unpaired) electrons. The van der Waals surface area contributed by atoms with Crippen LogP contribution in [0.15, 0.2) is 16.3 Å². The summed E-state index contributed by atoms with van der Waals surface area (Å²) in [4.78, 5) is 15.1. The molecule has 2 fully saturated rings. The summed E-state index contributed by atoms with van der Waals surface area (Å²) in [6.45, 7) is 4.76. The van der Waals surface area contributed by atoms with Gasteiger partial charge in [-0.25, -0.2) is 8.42 Å². The summed E-state index contributed by atoms with van der Waals surface area (Å²) in [6.07, 6.45) is 1.86. The lowest BCUT2D eigenvalue weighted by atomic mass is 10.1. The predicted molar refractivity (Wildman–Crippen MR) is 77.1 cm³/mol. The van der Waals surface area contributed by atoms with Gasteiger partial charge < -0.3 is 4.90 Å². The van der Waals surface area contributed by atoms with Gasteiger partial charge in [-0.05, 0) is 38.8 Å². The summed E-state index contributed by atoms with van der Waals surface area (Å²) < 4.78 is 27.1. The van der Waals surface area contributed by atoms with E-state index in [0.717, 1.165) is 24.3 Å². The summed E-state index contributed by atoms with van der Waals surface area (Å²) in [5.41, 5.74) is 0. The average molecular weight is 314 g/mol.